The molecule has 0 atom stereocenters. The molecule has 0 fully saturated rings. The van der Waals surface area contributed by atoms with E-state index in [-0.39, 0.29) is 6.09 Å². The predicted octanol–water partition coefficient (Wildman–Crippen LogP) is 3.05. The number of fused-ring (bicyclic) bond motifs is 1. The Morgan fingerprint density at radius 3 is 2.80 bits per heavy atom. The van der Waals surface area contributed by atoms with Crippen molar-refractivity contribution in [3.63, 3.8) is 0 Å². The second-order valence-corrected chi connectivity index (χ2v) is 4.26. The zero-order valence-corrected chi connectivity index (χ0v) is 9.26. The highest BCUT2D eigenvalue weighted by atomic mass is 16.6. The summed E-state index contributed by atoms with van der Waals surface area (Å²) < 4.78 is 5.25. The first kappa shape index (κ1) is 10.0. The SMILES string of the molecule is CCc1ccc2c(c1)C(C)(C)OC(=O)N2. The van der Waals surface area contributed by atoms with Gasteiger partial charge in [0.15, 0.2) is 0 Å². The molecule has 1 amide bonds. The van der Waals surface area contributed by atoms with Gasteiger partial charge in [0.2, 0.25) is 0 Å². The Labute approximate surface area is 89.4 Å². The molecule has 0 saturated heterocycles. The van der Waals surface area contributed by atoms with E-state index in [9.17, 15) is 4.79 Å². The Hall–Kier alpha value is -1.51. The standard InChI is InChI=1S/C12H15NO2/c1-4-8-5-6-10-9(7-8)12(2,3)15-11(14)13-10/h5-7H,4H2,1-3H3,(H,13,14). The van der Waals surface area contributed by atoms with Crippen LogP contribution in [0, 0.1) is 0 Å². The summed E-state index contributed by atoms with van der Waals surface area (Å²) in [5.41, 5.74) is 2.61. The molecule has 1 heterocycles. The van der Waals surface area contributed by atoms with E-state index in [1.165, 1.54) is 5.56 Å². The summed E-state index contributed by atoms with van der Waals surface area (Å²) in [6.45, 7) is 5.92. The third-order valence-electron chi connectivity index (χ3n) is 2.73. The molecule has 15 heavy (non-hydrogen) atoms. The molecule has 3 heteroatoms. The van der Waals surface area contributed by atoms with Crippen LogP contribution in [0.4, 0.5) is 10.5 Å². The number of aryl methyl sites for hydroxylation is 1. The number of hydrogen-bond acceptors (Lipinski definition) is 2. The average Bonchev–Trinajstić information content (AvgIpc) is 2.16. The molecule has 0 saturated carbocycles. The molecule has 0 aliphatic carbocycles. The highest BCUT2D eigenvalue weighted by Crippen LogP contribution is 2.35. The van der Waals surface area contributed by atoms with Gasteiger partial charge in [-0.1, -0.05) is 13.0 Å². The van der Waals surface area contributed by atoms with Crippen LogP contribution in [0.25, 0.3) is 0 Å². The van der Waals surface area contributed by atoms with Crippen LogP contribution in [-0.4, -0.2) is 6.09 Å². The van der Waals surface area contributed by atoms with Gasteiger partial charge in [0.25, 0.3) is 0 Å². The van der Waals surface area contributed by atoms with Gasteiger partial charge in [0.1, 0.15) is 5.60 Å². The van der Waals surface area contributed by atoms with Crippen LogP contribution in [0.1, 0.15) is 31.9 Å². The number of carbonyl (C=O) groups is 1. The summed E-state index contributed by atoms with van der Waals surface area (Å²) >= 11 is 0. The number of anilines is 1. The van der Waals surface area contributed by atoms with Crippen LogP contribution in [0.3, 0.4) is 0 Å². The van der Waals surface area contributed by atoms with E-state index < -0.39 is 5.60 Å². The van der Waals surface area contributed by atoms with E-state index in [1.54, 1.807) is 0 Å². The minimum atomic E-state index is -0.539. The lowest BCUT2D eigenvalue weighted by Gasteiger charge is -2.32. The molecule has 1 aliphatic rings. The normalized spacial score (nSPS) is 17.7. The topological polar surface area (TPSA) is 38.3 Å². The van der Waals surface area contributed by atoms with Gasteiger partial charge in [-0.25, -0.2) is 4.79 Å². The smallest absolute Gasteiger partial charge is 0.412 e. The highest BCUT2D eigenvalue weighted by molar-refractivity contribution is 5.88. The molecule has 1 aromatic rings. The monoisotopic (exact) mass is 205 g/mol. The fourth-order valence-electron chi connectivity index (χ4n) is 1.84. The molecule has 0 radical (unpaired) electrons. The summed E-state index contributed by atoms with van der Waals surface area (Å²) in [5.74, 6) is 0. The number of rotatable bonds is 1. The molecular formula is C12H15NO2. The predicted molar refractivity (Wildman–Crippen MR) is 58.9 cm³/mol. The van der Waals surface area contributed by atoms with Crippen LogP contribution in [0.5, 0.6) is 0 Å². The minimum Gasteiger partial charge on any atom is -0.438 e. The number of hydrogen-bond donors (Lipinski definition) is 1. The van der Waals surface area contributed by atoms with Gasteiger partial charge in [0.05, 0.1) is 5.69 Å². The van der Waals surface area contributed by atoms with E-state index >= 15 is 0 Å². The maximum Gasteiger partial charge on any atom is 0.412 e. The fourth-order valence-corrected chi connectivity index (χ4v) is 1.84. The third-order valence-corrected chi connectivity index (χ3v) is 2.73. The second kappa shape index (κ2) is 3.26. The Balaban J connectivity index is 2.53. The molecule has 0 bridgehead atoms. The number of cyclic esters (lactones) is 1. The highest BCUT2D eigenvalue weighted by Gasteiger charge is 2.33. The summed E-state index contributed by atoms with van der Waals surface area (Å²) in [5, 5.41) is 2.71. The minimum absolute atomic E-state index is 0.378. The number of carbonyl (C=O) groups excluding carboxylic acids is 1. The van der Waals surface area contributed by atoms with Crippen molar-refractivity contribution in [1.29, 1.82) is 0 Å². The Bertz CT molecular complexity index is 410. The first-order chi connectivity index (χ1) is 7.03. The van der Waals surface area contributed by atoms with E-state index in [0.29, 0.717) is 0 Å². The van der Waals surface area contributed by atoms with E-state index in [4.69, 9.17) is 4.74 Å². The van der Waals surface area contributed by atoms with Gasteiger partial charge in [0, 0.05) is 5.56 Å². The van der Waals surface area contributed by atoms with Gasteiger partial charge in [-0.15, -0.1) is 0 Å². The number of benzene rings is 1. The van der Waals surface area contributed by atoms with Gasteiger partial charge in [-0.2, -0.15) is 0 Å². The third kappa shape index (κ3) is 1.69. The van der Waals surface area contributed by atoms with Crippen molar-refractivity contribution in [3.05, 3.63) is 29.3 Å². The maximum absolute atomic E-state index is 11.3. The average molecular weight is 205 g/mol. The summed E-state index contributed by atoms with van der Waals surface area (Å²) in [4.78, 5) is 11.3. The first-order valence-electron chi connectivity index (χ1n) is 5.16. The largest absolute Gasteiger partial charge is 0.438 e. The maximum atomic E-state index is 11.3. The molecule has 2 rings (SSSR count). The van der Waals surface area contributed by atoms with Crippen LogP contribution < -0.4 is 5.32 Å². The van der Waals surface area contributed by atoms with E-state index in [0.717, 1.165) is 17.7 Å². The first-order valence-corrected chi connectivity index (χ1v) is 5.16. The van der Waals surface area contributed by atoms with E-state index in [2.05, 4.69) is 18.3 Å². The zero-order chi connectivity index (χ0) is 11.1. The summed E-state index contributed by atoms with van der Waals surface area (Å²) in [6.07, 6.45) is 0.605. The Kier molecular flexibility index (Phi) is 2.18. The van der Waals surface area contributed by atoms with E-state index in [1.807, 2.05) is 26.0 Å². The lowest BCUT2D eigenvalue weighted by molar-refractivity contribution is 0.0420. The number of ether oxygens (including phenoxy) is 1. The van der Waals surface area contributed by atoms with Gasteiger partial charge in [-0.05, 0) is 38.0 Å². The van der Waals surface area contributed by atoms with Crippen LogP contribution >= 0.6 is 0 Å². The van der Waals surface area contributed by atoms with Crippen molar-refractivity contribution in [1.82, 2.24) is 0 Å². The number of nitrogens with one attached hydrogen (secondary N) is 1. The van der Waals surface area contributed by atoms with Crippen molar-refractivity contribution in [3.8, 4) is 0 Å². The quantitative estimate of drug-likeness (QED) is 0.765. The molecule has 1 aromatic carbocycles. The number of amides is 1. The zero-order valence-electron chi connectivity index (χ0n) is 9.26. The van der Waals surface area contributed by atoms with Crippen molar-refractivity contribution in [2.75, 3.05) is 5.32 Å². The lowest BCUT2D eigenvalue weighted by atomic mass is 9.92. The molecule has 80 valence electrons. The molecule has 1 N–H and O–H groups in total. The fraction of sp³-hybridized carbons (Fsp3) is 0.417. The summed E-state index contributed by atoms with van der Waals surface area (Å²) in [6, 6.07) is 6.06. The second-order valence-electron chi connectivity index (χ2n) is 4.26. The van der Waals surface area contributed by atoms with Gasteiger partial charge in [-0.3, -0.25) is 5.32 Å². The van der Waals surface area contributed by atoms with Gasteiger partial charge < -0.3 is 4.74 Å². The van der Waals surface area contributed by atoms with Crippen LogP contribution in [0.2, 0.25) is 0 Å². The van der Waals surface area contributed by atoms with Gasteiger partial charge >= 0.3 is 6.09 Å². The molecule has 0 aromatic heterocycles. The molecule has 3 nitrogen and oxygen atoms in total. The Morgan fingerprint density at radius 1 is 1.40 bits per heavy atom. The molecule has 0 spiro atoms. The Morgan fingerprint density at radius 2 is 2.13 bits per heavy atom. The molecular weight excluding hydrogens is 190 g/mol. The van der Waals surface area contributed by atoms with Crippen LogP contribution in [-0.2, 0) is 16.8 Å². The lowest BCUT2D eigenvalue weighted by Crippen LogP contribution is -2.34. The van der Waals surface area contributed by atoms with Crippen molar-refractivity contribution in [2.45, 2.75) is 32.8 Å². The molecule has 1 aliphatic heterocycles. The van der Waals surface area contributed by atoms with Crippen LogP contribution in [0.15, 0.2) is 18.2 Å². The summed E-state index contributed by atoms with van der Waals surface area (Å²) in [7, 11) is 0. The molecule has 0 unspecified atom stereocenters. The van der Waals surface area contributed by atoms with Crippen molar-refractivity contribution < 1.29 is 9.53 Å². The van der Waals surface area contributed by atoms with Crippen molar-refractivity contribution >= 4 is 11.8 Å². The van der Waals surface area contributed by atoms with Crippen molar-refractivity contribution in [2.24, 2.45) is 0 Å².